The number of sulfonamides is 1. The average molecular weight is 346 g/mol. The third-order valence-electron chi connectivity index (χ3n) is 2.73. The van der Waals surface area contributed by atoms with Crippen molar-refractivity contribution in [2.24, 2.45) is 0 Å². The molecular formula is C13H12ClNO4S2. The first-order valence-electron chi connectivity index (χ1n) is 5.80. The van der Waals surface area contributed by atoms with Crippen LogP contribution in [0.4, 0.5) is 5.69 Å². The van der Waals surface area contributed by atoms with Crippen LogP contribution in [-0.2, 0) is 14.8 Å². The molecule has 0 spiro atoms. The number of hydrogen-bond donors (Lipinski definition) is 1. The van der Waals surface area contributed by atoms with Gasteiger partial charge in [-0.3, -0.25) is 4.72 Å². The van der Waals surface area contributed by atoms with E-state index >= 15 is 0 Å². The Hall–Kier alpha value is -1.57. The first-order valence-corrected chi connectivity index (χ1v) is 8.54. The molecule has 2 rings (SSSR count). The van der Waals surface area contributed by atoms with Crippen molar-refractivity contribution in [2.75, 3.05) is 11.8 Å². The molecule has 0 amide bonds. The van der Waals surface area contributed by atoms with Gasteiger partial charge in [0.25, 0.3) is 10.0 Å². The van der Waals surface area contributed by atoms with E-state index in [-0.39, 0.29) is 9.77 Å². The van der Waals surface area contributed by atoms with E-state index in [0.29, 0.717) is 10.7 Å². The number of thiophene rings is 1. The standard InChI is InChI=1S/C13H12ClNO4S2/c1-8-3-4-9(14)7-10(8)15-21(17,18)11-5-6-20-12(11)13(16)19-2/h3-7,15H,1-2H3. The molecule has 0 fully saturated rings. The Bertz CT molecular complexity index is 783. The molecule has 0 unspecified atom stereocenters. The topological polar surface area (TPSA) is 72.5 Å². The number of carbonyl (C=O) groups is 1. The van der Waals surface area contributed by atoms with E-state index < -0.39 is 16.0 Å². The van der Waals surface area contributed by atoms with E-state index in [1.165, 1.54) is 24.6 Å². The number of hydrogen-bond acceptors (Lipinski definition) is 5. The monoisotopic (exact) mass is 345 g/mol. The number of esters is 1. The molecule has 0 aliphatic carbocycles. The molecule has 1 heterocycles. The molecule has 21 heavy (non-hydrogen) atoms. The molecule has 0 radical (unpaired) electrons. The van der Waals surface area contributed by atoms with Gasteiger partial charge in [0.1, 0.15) is 9.77 Å². The molecule has 0 bridgehead atoms. The van der Waals surface area contributed by atoms with Crippen molar-refractivity contribution in [1.29, 1.82) is 0 Å². The number of rotatable bonds is 4. The highest BCUT2D eigenvalue weighted by Crippen LogP contribution is 2.27. The summed E-state index contributed by atoms with van der Waals surface area (Å²) in [6, 6.07) is 6.24. The first kappa shape index (κ1) is 15.8. The van der Waals surface area contributed by atoms with E-state index in [2.05, 4.69) is 9.46 Å². The van der Waals surface area contributed by atoms with Crippen LogP contribution in [0.15, 0.2) is 34.5 Å². The number of halogens is 1. The van der Waals surface area contributed by atoms with Gasteiger partial charge in [-0.25, -0.2) is 13.2 Å². The van der Waals surface area contributed by atoms with Crippen molar-refractivity contribution < 1.29 is 17.9 Å². The molecule has 1 aromatic heterocycles. The number of aryl methyl sites for hydroxylation is 1. The maximum absolute atomic E-state index is 12.4. The molecule has 0 saturated heterocycles. The highest BCUT2D eigenvalue weighted by molar-refractivity contribution is 7.93. The minimum atomic E-state index is -3.89. The number of anilines is 1. The van der Waals surface area contributed by atoms with Gasteiger partial charge < -0.3 is 4.74 Å². The van der Waals surface area contributed by atoms with Crippen LogP contribution in [0, 0.1) is 6.92 Å². The smallest absolute Gasteiger partial charge is 0.349 e. The number of nitrogens with one attached hydrogen (secondary N) is 1. The second-order valence-electron chi connectivity index (χ2n) is 4.17. The predicted octanol–water partition coefficient (Wildman–Crippen LogP) is 3.30. The fourth-order valence-electron chi connectivity index (χ4n) is 1.65. The van der Waals surface area contributed by atoms with Crippen LogP contribution in [0.2, 0.25) is 5.02 Å². The van der Waals surface area contributed by atoms with Crippen LogP contribution in [0.5, 0.6) is 0 Å². The van der Waals surface area contributed by atoms with Gasteiger partial charge in [0.15, 0.2) is 0 Å². The largest absolute Gasteiger partial charge is 0.465 e. The summed E-state index contributed by atoms with van der Waals surface area (Å²) in [5.74, 6) is -0.687. The number of carbonyl (C=O) groups excluding carboxylic acids is 1. The second kappa shape index (κ2) is 6.05. The first-order chi connectivity index (χ1) is 9.85. The van der Waals surface area contributed by atoms with E-state index in [9.17, 15) is 13.2 Å². The lowest BCUT2D eigenvalue weighted by atomic mass is 10.2. The van der Waals surface area contributed by atoms with Crippen LogP contribution < -0.4 is 4.72 Å². The Kier molecular flexibility index (Phi) is 4.55. The Labute approximate surface area is 131 Å². The summed E-state index contributed by atoms with van der Waals surface area (Å²) in [5, 5.41) is 1.93. The molecule has 2 aromatic rings. The molecule has 5 nitrogen and oxygen atoms in total. The van der Waals surface area contributed by atoms with Crippen LogP contribution in [0.25, 0.3) is 0 Å². The molecule has 0 saturated carbocycles. The number of benzene rings is 1. The Morgan fingerprint density at radius 1 is 1.33 bits per heavy atom. The highest BCUT2D eigenvalue weighted by Gasteiger charge is 2.25. The predicted molar refractivity (Wildman–Crippen MR) is 82.7 cm³/mol. The van der Waals surface area contributed by atoms with Gasteiger partial charge in [0.05, 0.1) is 12.8 Å². The van der Waals surface area contributed by atoms with Crippen molar-refractivity contribution in [3.63, 3.8) is 0 Å². The molecule has 0 aliphatic heterocycles. The highest BCUT2D eigenvalue weighted by atomic mass is 35.5. The van der Waals surface area contributed by atoms with Crippen LogP contribution >= 0.6 is 22.9 Å². The van der Waals surface area contributed by atoms with Gasteiger partial charge in [-0.1, -0.05) is 17.7 Å². The van der Waals surface area contributed by atoms with Gasteiger partial charge >= 0.3 is 5.97 Å². The normalized spacial score (nSPS) is 11.2. The van der Waals surface area contributed by atoms with Gasteiger partial charge in [0, 0.05) is 5.02 Å². The minimum absolute atomic E-state index is 0.0321. The number of ether oxygens (including phenoxy) is 1. The second-order valence-corrected chi connectivity index (χ2v) is 7.17. The third kappa shape index (κ3) is 3.37. The van der Waals surface area contributed by atoms with Gasteiger partial charge in [-0.05, 0) is 36.1 Å². The summed E-state index contributed by atoms with van der Waals surface area (Å²) in [4.78, 5) is 11.5. The zero-order valence-corrected chi connectivity index (χ0v) is 13.6. The molecular weight excluding hydrogens is 334 g/mol. The molecule has 1 N–H and O–H groups in total. The van der Waals surface area contributed by atoms with E-state index in [1.807, 2.05) is 0 Å². The van der Waals surface area contributed by atoms with Crippen molar-refractivity contribution in [2.45, 2.75) is 11.8 Å². The molecule has 1 aromatic carbocycles. The van der Waals surface area contributed by atoms with Gasteiger partial charge in [-0.15, -0.1) is 11.3 Å². The maximum Gasteiger partial charge on any atom is 0.349 e. The lowest BCUT2D eigenvalue weighted by Crippen LogP contribution is -2.16. The fraction of sp³-hybridized carbons (Fsp3) is 0.154. The molecule has 0 atom stereocenters. The summed E-state index contributed by atoms with van der Waals surface area (Å²) in [7, 11) is -2.69. The SMILES string of the molecule is COC(=O)c1sccc1S(=O)(=O)Nc1cc(Cl)ccc1C. The Morgan fingerprint density at radius 2 is 2.05 bits per heavy atom. The maximum atomic E-state index is 12.4. The Morgan fingerprint density at radius 3 is 2.71 bits per heavy atom. The van der Waals surface area contributed by atoms with Crippen molar-refractivity contribution in [3.8, 4) is 0 Å². The molecule has 0 aliphatic rings. The molecule has 8 heteroatoms. The lowest BCUT2D eigenvalue weighted by Gasteiger charge is -2.11. The van der Waals surface area contributed by atoms with Gasteiger partial charge in [-0.2, -0.15) is 0 Å². The summed E-state index contributed by atoms with van der Waals surface area (Å²) in [6.07, 6.45) is 0. The minimum Gasteiger partial charge on any atom is -0.465 e. The van der Waals surface area contributed by atoms with E-state index in [1.54, 1.807) is 19.1 Å². The van der Waals surface area contributed by atoms with Crippen LogP contribution in [0.1, 0.15) is 15.2 Å². The Balaban J connectivity index is 2.42. The van der Waals surface area contributed by atoms with Crippen molar-refractivity contribution in [1.82, 2.24) is 0 Å². The van der Waals surface area contributed by atoms with Gasteiger partial charge in [0.2, 0.25) is 0 Å². The number of methoxy groups -OCH3 is 1. The zero-order chi connectivity index (χ0) is 15.6. The lowest BCUT2D eigenvalue weighted by molar-refractivity contribution is 0.0602. The zero-order valence-electron chi connectivity index (χ0n) is 11.2. The van der Waals surface area contributed by atoms with Crippen LogP contribution in [0.3, 0.4) is 0 Å². The molecule has 112 valence electrons. The quantitative estimate of drug-likeness (QED) is 0.863. The summed E-state index contributed by atoms with van der Waals surface area (Å²) >= 11 is 6.88. The summed E-state index contributed by atoms with van der Waals surface area (Å²) in [5.41, 5.74) is 1.09. The summed E-state index contributed by atoms with van der Waals surface area (Å²) in [6.45, 7) is 1.75. The van der Waals surface area contributed by atoms with E-state index in [4.69, 9.17) is 11.6 Å². The van der Waals surface area contributed by atoms with Crippen molar-refractivity contribution >= 4 is 44.6 Å². The third-order valence-corrected chi connectivity index (χ3v) is 5.40. The van der Waals surface area contributed by atoms with E-state index in [0.717, 1.165) is 16.9 Å². The van der Waals surface area contributed by atoms with Crippen LogP contribution in [-0.4, -0.2) is 21.5 Å². The average Bonchev–Trinajstić information content (AvgIpc) is 2.92. The summed E-state index contributed by atoms with van der Waals surface area (Å²) < 4.78 is 31.8. The fourth-order valence-corrected chi connectivity index (χ4v) is 4.28. The van der Waals surface area contributed by atoms with Crippen molar-refractivity contribution in [3.05, 3.63) is 45.1 Å².